The van der Waals surface area contributed by atoms with Crippen molar-refractivity contribution in [3.8, 4) is 0 Å². The molecule has 1 aromatic heterocycles. The highest BCUT2D eigenvalue weighted by molar-refractivity contribution is 5.01. The molecule has 1 unspecified atom stereocenters. The Morgan fingerprint density at radius 1 is 1.15 bits per heavy atom. The van der Waals surface area contributed by atoms with Crippen LogP contribution in [-0.4, -0.2) is 42.5 Å². The first-order chi connectivity index (χ1) is 9.81. The Kier molecular flexibility index (Phi) is 3.35. The maximum Gasteiger partial charge on any atom is 0.117 e. The predicted octanol–water partition coefficient (Wildman–Crippen LogP) is 2.98. The van der Waals surface area contributed by atoms with Crippen LogP contribution >= 0.6 is 0 Å². The van der Waals surface area contributed by atoms with Crippen molar-refractivity contribution in [2.24, 2.45) is 11.3 Å². The third-order valence-electron chi connectivity index (χ3n) is 5.43. The number of hydrogen-bond donors (Lipinski definition) is 0. The summed E-state index contributed by atoms with van der Waals surface area (Å²) >= 11 is 0. The van der Waals surface area contributed by atoms with Gasteiger partial charge >= 0.3 is 0 Å². The first-order valence-corrected chi connectivity index (χ1v) is 8.29. The maximum absolute atomic E-state index is 5.50. The highest BCUT2D eigenvalue weighted by Crippen LogP contribution is 2.41. The van der Waals surface area contributed by atoms with Gasteiger partial charge in [-0.1, -0.05) is 0 Å². The molecule has 3 heteroatoms. The second-order valence-corrected chi connectivity index (χ2v) is 7.32. The summed E-state index contributed by atoms with van der Waals surface area (Å²) in [5.41, 5.74) is 0.583. The third-order valence-corrected chi connectivity index (χ3v) is 5.43. The van der Waals surface area contributed by atoms with Gasteiger partial charge in [0.2, 0.25) is 0 Å². The van der Waals surface area contributed by atoms with Crippen molar-refractivity contribution >= 4 is 0 Å². The summed E-state index contributed by atoms with van der Waals surface area (Å²) < 4.78 is 5.50. The van der Waals surface area contributed by atoms with E-state index in [1.54, 1.807) is 6.26 Å². The van der Waals surface area contributed by atoms with E-state index in [0.717, 1.165) is 18.2 Å². The van der Waals surface area contributed by atoms with E-state index in [1.807, 2.05) is 6.07 Å². The Morgan fingerprint density at radius 3 is 2.85 bits per heavy atom. The molecule has 0 aromatic carbocycles. The largest absolute Gasteiger partial charge is 0.468 e. The number of nitrogens with zero attached hydrogens (tertiary/aromatic N) is 2. The highest BCUT2D eigenvalue weighted by Gasteiger charge is 2.42. The van der Waals surface area contributed by atoms with Crippen LogP contribution < -0.4 is 0 Å². The minimum atomic E-state index is 0.583. The van der Waals surface area contributed by atoms with Crippen molar-refractivity contribution in [2.75, 3.05) is 32.7 Å². The SMILES string of the molecule is c1coc(CN2CCC3(CCCN(CC4CC4)C3)C2)c1. The van der Waals surface area contributed by atoms with Crippen molar-refractivity contribution in [1.82, 2.24) is 9.80 Å². The summed E-state index contributed by atoms with van der Waals surface area (Å²) in [5, 5.41) is 0. The van der Waals surface area contributed by atoms with Gasteiger partial charge in [0.15, 0.2) is 0 Å². The van der Waals surface area contributed by atoms with Crippen LogP contribution in [-0.2, 0) is 6.54 Å². The van der Waals surface area contributed by atoms with Gasteiger partial charge in [0.05, 0.1) is 12.8 Å². The van der Waals surface area contributed by atoms with E-state index >= 15 is 0 Å². The normalized spacial score (nSPS) is 32.2. The molecule has 1 saturated carbocycles. The van der Waals surface area contributed by atoms with Crippen molar-refractivity contribution in [3.63, 3.8) is 0 Å². The summed E-state index contributed by atoms with van der Waals surface area (Å²) in [6.07, 6.45) is 8.97. The van der Waals surface area contributed by atoms with Gasteiger partial charge in [0.25, 0.3) is 0 Å². The Balaban J connectivity index is 1.35. The molecule has 0 amide bonds. The van der Waals surface area contributed by atoms with E-state index in [0.29, 0.717) is 5.41 Å². The minimum Gasteiger partial charge on any atom is -0.468 e. The molecule has 3 fully saturated rings. The zero-order valence-electron chi connectivity index (χ0n) is 12.4. The molecule has 3 aliphatic rings. The van der Waals surface area contributed by atoms with E-state index in [2.05, 4.69) is 15.9 Å². The Morgan fingerprint density at radius 2 is 2.05 bits per heavy atom. The van der Waals surface area contributed by atoms with Gasteiger partial charge in [-0.05, 0) is 68.7 Å². The van der Waals surface area contributed by atoms with Gasteiger partial charge in [0.1, 0.15) is 5.76 Å². The van der Waals surface area contributed by atoms with Crippen LogP contribution in [0.15, 0.2) is 22.8 Å². The zero-order chi connectivity index (χ0) is 13.4. The fourth-order valence-corrected chi connectivity index (χ4v) is 4.25. The van der Waals surface area contributed by atoms with E-state index in [4.69, 9.17) is 4.42 Å². The van der Waals surface area contributed by atoms with Crippen LogP contribution in [0.2, 0.25) is 0 Å². The van der Waals surface area contributed by atoms with Crippen LogP contribution in [0, 0.1) is 11.3 Å². The molecule has 3 nitrogen and oxygen atoms in total. The maximum atomic E-state index is 5.50. The zero-order valence-corrected chi connectivity index (χ0v) is 12.4. The van der Waals surface area contributed by atoms with Crippen LogP contribution in [0.1, 0.15) is 37.9 Å². The predicted molar refractivity (Wildman–Crippen MR) is 79.4 cm³/mol. The fraction of sp³-hybridized carbons (Fsp3) is 0.765. The van der Waals surface area contributed by atoms with E-state index in [1.165, 1.54) is 64.8 Å². The van der Waals surface area contributed by atoms with Gasteiger partial charge in [-0.25, -0.2) is 0 Å². The molecule has 3 heterocycles. The first kappa shape index (κ1) is 12.9. The number of hydrogen-bond acceptors (Lipinski definition) is 3. The summed E-state index contributed by atoms with van der Waals surface area (Å²) in [6, 6.07) is 4.10. The topological polar surface area (TPSA) is 19.6 Å². The van der Waals surface area contributed by atoms with Crippen LogP contribution in [0.4, 0.5) is 0 Å². The standard InChI is InChI=1S/C17H26N2O/c1-3-16(20-10-1)12-19-9-7-17(14-19)6-2-8-18(13-17)11-15-4-5-15/h1,3,10,15H,2,4-9,11-14H2. The van der Waals surface area contributed by atoms with Gasteiger partial charge in [-0.15, -0.1) is 0 Å². The van der Waals surface area contributed by atoms with Crippen molar-refractivity contribution in [2.45, 2.75) is 38.6 Å². The Labute approximate surface area is 121 Å². The molecule has 0 radical (unpaired) electrons. The van der Waals surface area contributed by atoms with Gasteiger partial charge in [-0.3, -0.25) is 4.90 Å². The lowest BCUT2D eigenvalue weighted by atomic mass is 9.79. The molecule has 20 heavy (non-hydrogen) atoms. The number of likely N-dealkylation sites (tertiary alicyclic amines) is 2. The highest BCUT2D eigenvalue weighted by atomic mass is 16.3. The lowest BCUT2D eigenvalue weighted by Crippen LogP contribution is -2.45. The fourth-order valence-electron chi connectivity index (χ4n) is 4.25. The number of rotatable bonds is 4. The van der Waals surface area contributed by atoms with Crippen molar-refractivity contribution in [3.05, 3.63) is 24.2 Å². The van der Waals surface area contributed by atoms with Gasteiger partial charge < -0.3 is 9.32 Å². The number of furan rings is 1. The Hall–Kier alpha value is -0.800. The molecular formula is C17H26N2O. The second-order valence-electron chi connectivity index (χ2n) is 7.32. The van der Waals surface area contributed by atoms with Gasteiger partial charge in [-0.2, -0.15) is 0 Å². The first-order valence-electron chi connectivity index (χ1n) is 8.29. The average Bonchev–Trinajstić information content (AvgIpc) is 2.96. The molecule has 0 N–H and O–H groups in total. The quantitative estimate of drug-likeness (QED) is 0.841. The summed E-state index contributed by atoms with van der Waals surface area (Å²) in [4.78, 5) is 5.36. The van der Waals surface area contributed by atoms with Crippen LogP contribution in [0.25, 0.3) is 0 Å². The van der Waals surface area contributed by atoms with E-state index < -0.39 is 0 Å². The molecule has 4 rings (SSSR count). The molecule has 110 valence electrons. The number of piperidine rings is 1. The summed E-state index contributed by atoms with van der Waals surface area (Å²) in [7, 11) is 0. The molecule has 2 aliphatic heterocycles. The molecular weight excluding hydrogens is 248 g/mol. The summed E-state index contributed by atoms with van der Waals surface area (Å²) in [5.74, 6) is 2.15. The van der Waals surface area contributed by atoms with E-state index in [9.17, 15) is 0 Å². The average molecular weight is 274 g/mol. The smallest absolute Gasteiger partial charge is 0.117 e. The van der Waals surface area contributed by atoms with Crippen LogP contribution in [0.3, 0.4) is 0 Å². The monoisotopic (exact) mass is 274 g/mol. The van der Waals surface area contributed by atoms with E-state index in [-0.39, 0.29) is 0 Å². The van der Waals surface area contributed by atoms with Crippen LogP contribution in [0.5, 0.6) is 0 Å². The molecule has 0 bridgehead atoms. The van der Waals surface area contributed by atoms with Gasteiger partial charge in [0, 0.05) is 19.6 Å². The summed E-state index contributed by atoms with van der Waals surface area (Å²) in [6.45, 7) is 7.58. The molecule has 1 spiro atoms. The molecule has 1 aliphatic carbocycles. The molecule has 1 aromatic rings. The lowest BCUT2D eigenvalue weighted by Gasteiger charge is -2.40. The molecule has 1 atom stereocenters. The third kappa shape index (κ3) is 2.79. The second kappa shape index (κ2) is 5.19. The molecule has 2 saturated heterocycles. The van der Waals surface area contributed by atoms with Crippen molar-refractivity contribution < 1.29 is 4.42 Å². The Bertz CT molecular complexity index is 440. The lowest BCUT2D eigenvalue weighted by molar-refractivity contribution is 0.0876. The minimum absolute atomic E-state index is 0.583. The van der Waals surface area contributed by atoms with Crippen molar-refractivity contribution in [1.29, 1.82) is 0 Å².